The highest BCUT2D eigenvalue weighted by atomic mass is 16.7. The van der Waals surface area contributed by atoms with Gasteiger partial charge in [-0.3, -0.25) is 0 Å². The van der Waals surface area contributed by atoms with Gasteiger partial charge < -0.3 is 9.47 Å². The van der Waals surface area contributed by atoms with E-state index in [0.29, 0.717) is 5.41 Å². The Bertz CT molecular complexity index is 301. The van der Waals surface area contributed by atoms with Gasteiger partial charge in [0.1, 0.15) is 0 Å². The monoisotopic (exact) mass is 352 g/mol. The Morgan fingerprint density at radius 1 is 0.720 bits per heavy atom. The molecule has 0 aromatic carbocycles. The Morgan fingerprint density at radius 3 is 1.56 bits per heavy atom. The molecule has 0 saturated carbocycles. The van der Waals surface area contributed by atoms with Gasteiger partial charge in [0, 0.05) is 0 Å². The molecule has 0 rings (SSSR count). The minimum Gasteiger partial charge on any atom is -0.352 e. The second kappa shape index (κ2) is 16.8. The Morgan fingerprint density at radius 2 is 1.16 bits per heavy atom. The Hall–Kier alpha value is -0.600. The van der Waals surface area contributed by atoms with E-state index in [0.717, 1.165) is 38.9 Å². The number of allylic oxidation sites excluding steroid dienone is 2. The molecule has 0 aliphatic rings. The molecule has 0 aromatic heterocycles. The summed E-state index contributed by atoms with van der Waals surface area (Å²) in [6.45, 7) is 12.8. The fourth-order valence-corrected chi connectivity index (χ4v) is 2.42. The standard InChI is InChI=1S/C23H44O2/c1-6-8-10-12-14-16-20-24-22(18-19-23(3,4)5)25-21-17-15-13-11-9-7-2/h12-15,22H,6-11,16-21H2,1-5H3/b14-12-,15-13-. The van der Waals surface area contributed by atoms with E-state index in [1.165, 1.54) is 38.5 Å². The normalized spacial score (nSPS) is 12.9. The average Bonchev–Trinajstić information content (AvgIpc) is 2.56. The van der Waals surface area contributed by atoms with Gasteiger partial charge in [0.15, 0.2) is 6.29 Å². The van der Waals surface area contributed by atoms with Gasteiger partial charge in [0.05, 0.1) is 13.2 Å². The third-order valence-corrected chi connectivity index (χ3v) is 4.09. The van der Waals surface area contributed by atoms with Crippen LogP contribution in [0.3, 0.4) is 0 Å². The van der Waals surface area contributed by atoms with Gasteiger partial charge in [-0.15, -0.1) is 0 Å². The first-order valence-electron chi connectivity index (χ1n) is 10.5. The molecule has 2 nitrogen and oxygen atoms in total. The first-order chi connectivity index (χ1) is 12.0. The lowest BCUT2D eigenvalue weighted by atomic mass is 9.90. The van der Waals surface area contributed by atoms with Gasteiger partial charge in [-0.1, -0.05) is 84.6 Å². The van der Waals surface area contributed by atoms with Gasteiger partial charge in [-0.05, 0) is 43.9 Å². The SMILES string of the molecule is CCCC/C=C\CCOC(CCC(C)(C)C)OCC/C=C\CCCC. The Kier molecular flexibility index (Phi) is 16.4. The summed E-state index contributed by atoms with van der Waals surface area (Å²) in [5, 5.41) is 0. The molecule has 0 atom stereocenters. The molecule has 0 fully saturated rings. The molecule has 0 bridgehead atoms. The van der Waals surface area contributed by atoms with E-state index < -0.39 is 0 Å². The van der Waals surface area contributed by atoms with Crippen molar-refractivity contribution in [3.05, 3.63) is 24.3 Å². The number of ether oxygens (including phenoxy) is 2. The summed E-state index contributed by atoms with van der Waals surface area (Å²) < 4.78 is 12.0. The van der Waals surface area contributed by atoms with Crippen molar-refractivity contribution in [1.82, 2.24) is 0 Å². The van der Waals surface area contributed by atoms with E-state index >= 15 is 0 Å². The third-order valence-electron chi connectivity index (χ3n) is 4.09. The van der Waals surface area contributed by atoms with Crippen molar-refractivity contribution in [3.8, 4) is 0 Å². The summed E-state index contributed by atoms with van der Waals surface area (Å²) in [5.74, 6) is 0. The van der Waals surface area contributed by atoms with E-state index in [1.54, 1.807) is 0 Å². The maximum atomic E-state index is 5.99. The van der Waals surface area contributed by atoms with E-state index in [-0.39, 0.29) is 6.29 Å². The molecule has 0 aromatic rings. The molecule has 0 spiro atoms. The van der Waals surface area contributed by atoms with Crippen LogP contribution in [0.2, 0.25) is 0 Å². The van der Waals surface area contributed by atoms with Crippen LogP contribution in [0.15, 0.2) is 24.3 Å². The fourth-order valence-electron chi connectivity index (χ4n) is 2.42. The first kappa shape index (κ1) is 24.4. The van der Waals surface area contributed by atoms with Gasteiger partial charge in [-0.2, -0.15) is 0 Å². The zero-order valence-electron chi connectivity index (χ0n) is 17.7. The molecule has 0 aliphatic heterocycles. The predicted molar refractivity (Wildman–Crippen MR) is 111 cm³/mol. The van der Waals surface area contributed by atoms with E-state index in [9.17, 15) is 0 Å². The van der Waals surface area contributed by atoms with E-state index in [1.807, 2.05) is 0 Å². The molecular formula is C23H44O2. The summed E-state index contributed by atoms with van der Waals surface area (Å²) in [4.78, 5) is 0. The zero-order chi connectivity index (χ0) is 18.8. The van der Waals surface area contributed by atoms with Crippen LogP contribution in [0.25, 0.3) is 0 Å². The summed E-state index contributed by atoms with van der Waals surface area (Å²) in [6.07, 6.45) is 20.5. The van der Waals surface area contributed by atoms with E-state index in [2.05, 4.69) is 58.9 Å². The minimum atomic E-state index is -0.0627. The van der Waals surface area contributed by atoms with Crippen LogP contribution in [0.4, 0.5) is 0 Å². The summed E-state index contributed by atoms with van der Waals surface area (Å²) in [5.41, 5.74) is 0.324. The zero-order valence-corrected chi connectivity index (χ0v) is 17.7. The van der Waals surface area contributed by atoms with Crippen LogP contribution in [0.5, 0.6) is 0 Å². The Balaban J connectivity index is 4.01. The maximum absolute atomic E-state index is 5.99. The second-order valence-corrected chi connectivity index (χ2v) is 8.08. The molecule has 0 amide bonds. The highest BCUT2D eigenvalue weighted by Crippen LogP contribution is 2.23. The predicted octanol–water partition coefficient (Wildman–Crippen LogP) is 7.45. The summed E-state index contributed by atoms with van der Waals surface area (Å²) >= 11 is 0. The molecule has 0 saturated heterocycles. The molecule has 0 aliphatic carbocycles. The molecule has 0 unspecified atom stereocenters. The van der Waals surface area contributed by atoms with Crippen molar-refractivity contribution in [2.75, 3.05) is 13.2 Å². The third kappa shape index (κ3) is 19.6. The van der Waals surface area contributed by atoms with Gasteiger partial charge >= 0.3 is 0 Å². The summed E-state index contributed by atoms with van der Waals surface area (Å²) in [6, 6.07) is 0. The number of hydrogen-bond donors (Lipinski definition) is 0. The van der Waals surface area contributed by atoms with Gasteiger partial charge in [-0.25, -0.2) is 0 Å². The number of unbranched alkanes of at least 4 members (excludes halogenated alkanes) is 4. The lowest BCUT2D eigenvalue weighted by molar-refractivity contribution is -0.147. The van der Waals surface area contributed by atoms with Crippen molar-refractivity contribution in [3.63, 3.8) is 0 Å². The minimum absolute atomic E-state index is 0.0627. The van der Waals surface area contributed by atoms with Crippen LogP contribution in [0, 0.1) is 5.41 Å². The molecule has 0 heterocycles. The van der Waals surface area contributed by atoms with Crippen molar-refractivity contribution in [1.29, 1.82) is 0 Å². The van der Waals surface area contributed by atoms with Crippen LogP contribution < -0.4 is 0 Å². The second-order valence-electron chi connectivity index (χ2n) is 8.08. The lowest BCUT2D eigenvalue weighted by Crippen LogP contribution is -2.21. The average molecular weight is 353 g/mol. The molecule has 0 N–H and O–H groups in total. The van der Waals surface area contributed by atoms with Crippen LogP contribution in [-0.4, -0.2) is 19.5 Å². The Labute approximate surface area is 158 Å². The molecule has 0 radical (unpaired) electrons. The summed E-state index contributed by atoms with van der Waals surface area (Å²) in [7, 11) is 0. The van der Waals surface area contributed by atoms with Crippen LogP contribution in [0.1, 0.15) is 98.8 Å². The molecule has 2 heteroatoms. The molecular weight excluding hydrogens is 308 g/mol. The quantitative estimate of drug-likeness (QED) is 0.163. The largest absolute Gasteiger partial charge is 0.352 e. The van der Waals surface area contributed by atoms with Gasteiger partial charge in [0.25, 0.3) is 0 Å². The number of hydrogen-bond acceptors (Lipinski definition) is 2. The highest BCUT2D eigenvalue weighted by Gasteiger charge is 2.15. The van der Waals surface area contributed by atoms with E-state index in [4.69, 9.17) is 9.47 Å². The topological polar surface area (TPSA) is 18.5 Å². The first-order valence-corrected chi connectivity index (χ1v) is 10.5. The van der Waals surface area contributed by atoms with Crippen LogP contribution >= 0.6 is 0 Å². The molecule has 25 heavy (non-hydrogen) atoms. The van der Waals surface area contributed by atoms with Crippen molar-refractivity contribution in [2.24, 2.45) is 5.41 Å². The van der Waals surface area contributed by atoms with Gasteiger partial charge in [0.2, 0.25) is 0 Å². The smallest absolute Gasteiger partial charge is 0.157 e. The number of rotatable bonds is 16. The van der Waals surface area contributed by atoms with Crippen molar-refractivity contribution in [2.45, 2.75) is 105 Å². The molecule has 148 valence electrons. The van der Waals surface area contributed by atoms with Crippen molar-refractivity contribution < 1.29 is 9.47 Å². The fraction of sp³-hybridized carbons (Fsp3) is 0.826. The lowest BCUT2D eigenvalue weighted by Gasteiger charge is -2.23. The van der Waals surface area contributed by atoms with Crippen LogP contribution in [-0.2, 0) is 9.47 Å². The highest BCUT2D eigenvalue weighted by molar-refractivity contribution is 4.82. The van der Waals surface area contributed by atoms with Crippen molar-refractivity contribution >= 4 is 0 Å². The maximum Gasteiger partial charge on any atom is 0.157 e.